The first-order valence-electron chi connectivity index (χ1n) is 9.34. The number of ether oxygens (including phenoxy) is 3. The highest BCUT2D eigenvalue weighted by molar-refractivity contribution is 5.86. The number of hydrogen-bond acceptors (Lipinski definition) is 5. The molecule has 152 valence electrons. The minimum Gasteiger partial charge on any atom is -0.507 e. The number of carbonyl (C=O) groups is 1. The van der Waals surface area contributed by atoms with Crippen molar-refractivity contribution in [3.63, 3.8) is 0 Å². The maximum absolute atomic E-state index is 10.7. The lowest BCUT2D eigenvalue weighted by Crippen LogP contribution is -2.09. The summed E-state index contributed by atoms with van der Waals surface area (Å²) in [6.45, 7) is 11.8. The Morgan fingerprint density at radius 3 is 2.14 bits per heavy atom. The third kappa shape index (κ3) is 9.90. The Kier molecular flexibility index (Phi) is 11.3. The van der Waals surface area contributed by atoms with Crippen molar-refractivity contribution in [3.8, 4) is 16.9 Å². The van der Waals surface area contributed by atoms with E-state index in [1.807, 2.05) is 62.4 Å². The quantitative estimate of drug-likeness (QED) is 0.446. The number of hydrogen-bond donors (Lipinski definition) is 1. The molecule has 0 amide bonds. The fraction of sp³-hybridized carbons (Fsp3) is 0.348. The predicted octanol–water partition coefficient (Wildman–Crippen LogP) is 4.61. The second-order valence-electron chi connectivity index (χ2n) is 6.00. The molecule has 0 aliphatic carbocycles. The zero-order chi connectivity index (χ0) is 20.8. The van der Waals surface area contributed by atoms with Crippen LogP contribution < -0.4 is 0 Å². The molecule has 1 heterocycles. The SMILES string of the molecule is C=C(C)C(=O)OCC1CO1.CCOCC.Oc1ccccc1-c1ccccc1. The van der Waals surface area contributed by atoms with E-state index in [9.17, 15) is 9.90 Å². The van der Waals surface area contributed by atoms with Crippen LogP contribution >= 0.6 is 0 Å². The van der Waals surface area contributed by atoms with Crippen LogP contribution in [0.15, 0.2) is 66.7 Å². The molecule has 1 atom stereocenters. The lowest BCUT2D eigenvalue weighted by Gasteiger charge is -2.02. The van der Waals surface area contributed by atoms with Gasteiger partial charge in [-0.2, -0.15) is 0 Å². The molecule has 2 aromatic carbocycles. The van der Waals surface area contributed by atoms with Crippen LogP contribution in [-0.4, -0.2) is 43.6 Å². The lowest BCUT2D eigenvalue weighted by atomic mass is 10.1. The van der Waals surface area contributed by atoms with E-state index in [0.29, 0.717) is 24.5 Å². The fourth-order valence-corrected chi connectivity index (χ4v) is 2.00. The number of carbonyl (C=O) groups excluding carboxylic acids is 1. The van der Waals surface area contributed by atoms with Gasteiger partial charge in [-0.15, -0.1) is 0 Å². The van der Waals surface area contributed by atoms with Crippen molar-refractivity contribution in [3.05, 3.63) is 66.7 Å². The number of benzene rings is 2. The third-order valence-electron chi connectivity index (χ3n) is 3.55. The average molecular weight is 386 g/mol. The van der Waals surface area contributed by atoms with Crippen LogP contribution in [0.3, 0.4) is 0 Å². The molecular formula is C23H30O5. The number of para-hydroxylation sites is 1. The molecule has 1 fully saturated rings. The molecule has 3 rings (SSSR count). The summed E-state index contributed by atoms with van der Waals surface area (Å²) in [5.74, 6) is -0.01000. The van der Waals surface area contributed by atoms with Gasteiger partial charge in [-0.25, -0.2) is 4.79 Å². The molecule has 0 radical (unpaired) electrons. The summed E-state index contributed by atoms with van der Waals surface area (Å²) in [6.07, 6.45) is 0.142. The van der Waals surface area contributed by atoms with E-state index >= 15 is 0 Å². The summed E-state index contributed by atoms with van der Waals surface area (Å²) in [7, 11) is 0. The van der Waals surface area contributed by atoms with Crippen LogP contribution in [0.2, 0.25) is 0 Å². The standard InChI is InChI=1S/C12H10O.C7H10O3.C4H10O/c13-12-9-5-4-8-11(12)10-6-2-1-3-7-10;1-5(2)7(8)10-4-6-3-9-6;1-3-5-4-2/h1-9,13H;6H,1,3-4H2,2H3;3-4H2,1-2H3. The number of epoxide rings is 1. The Morgan fingerprint density at radius 2 is 1.68 bits per heavy atom. The van der Waals surface area contributed by atoms with E-state index < -0.39 is 0 Å². The summed E-state index contributed by atoms with van der Waals surface area (Å²) >= 11 is 0. The van der Waals surface area contributed by atoms with Crippen LogP contribution in [0.25, 0.3) is 11.1 Å². The Bertz CT molecular complexity index is 706. The summed E-state index contributed by atoms with van der Waals surface area (Å²) in [5.41, 5.74) is 2.35. The topological polar surface area (TPSA) is 68.3 Å². The van der Waals surface area contributed by atoms with Crippen LogP contribution in [0.5, 0.6) is 5.75 Å². The predicted molar refractivity (Wildman–Crippen MR) is 111 cm³/mol. The normalized spacial score (nSPS) is 13.9. The van der Waals surface area contributed by atoms with Gasteiger partial charge in [0, 0.05) is 24.4 Å². The van der Waals surface area contributed by atoms with Gasteiger partial charge in [-0.05, 0) is 32.4 Å². The van der Waals surface area contributed by atoms with E-state index in [0.717, 1.165) is 24.3 Å². The molecule has 28 heavy (non-hydrogen) atoms. The zero-order valence-electron chi connectivity index (χ0n) is 16.9. The summed E-state index contributed by atoms with van der Waals surface area (Å²) in [4.78, 5) is 10.7. The molecule has 0 spiro atoms. The molecule has 5 heteroatoms. The molecule has 5 nitrogen and oxygen atoms in total. The highest BCUT2D eigenvalue weighted by Crippen LogP contribution is 2.27. The van der Waals surface area contributed by atoms with Gasteiger partial charge in [-0.1, -0.05) is 55.1 Å². The maximum atomic E-state index is 10.7. The molecule has 1 N–H and O–H groups in total. The minimum absolute atomic E-state index is 0.142. The van der Waals surface area contributed by atoms with Gasteiger partial charge in [-0.3, -0.25) is 0 Å². The van der Waals surface area contributed by atoms with Crippen LogP contribution in [0.4, 0.5) is 0 Å². The van der Waals surface area contributed by atoms with Crippen molar-refractivity contribution in [2.75, 3.05) is 26.4 Å². The van der Waals surface area contributed by atoms with Crippen LogP contribution in [0.1, 0.15) is 20.8 Å². The molecule has 1 saturated heterocycles. The second-order valence-corrected chi connectivity index (χ2v) is 6.00. The number of phenols is 1. The van der Waals surface area contributed by atoms with Crippen molar-refractivity contribution in [1.82, 2.24) is 0 Å². The number of phenolic OH excluding ortho intramolecular Hbond substituents is 1. The van der Waals surface area contributed by atoms with Gasteiger partial charge in [0.25, 0.3) is 0 Å². The Labute approximate surface area is 167 Å². The Morgan fingerprint density at radius 1 is 1.11 bits per heavy atom. The van der Waals surface area contributed by atoms with Crippen molar-refractivity contribution in [1.29, 1.82) is 0 Å². The van der Waals surface area contributed by atoms with Crippen LogP contribution in [0, 0.1) is 0 Å². The fourth-order valence-electron chi connectivity index (χ4n) is 2.00. The maximum Gasteiger partial charge on any atom is 0.333 e. The zero-order valence-corrected chi connectivity index (χ0v) is 16.9. The van der Waals surface area contributed by atoms with E-state index in [1.165, 1.54) is 0 Å². The van der Waals surface area contributed by atoms with Gasteiger partial charge < -0.3 is 19.3 Å². The van der Waals surface area contributed by atoms with Gasteiger partial charge in [0.2, 0.25) is 0 Å². The van der Waals surface area contributed by atoms with Gasteiger partial charge >= 0.3 is 5.97 Å². The van der Waals surface area contributed by atoms with Crippen molar-refractivity contribution in [2.45, 2.75) is 26.9 Å². The van der Waals surface area contributed by atoms with E-state index in [4.69, 9.17) is 14.2 Å². The van der Waals surface area contributed by atoms with Crippen molar-refractivity contribution < 1.29 is 24.1 Å². The van der Waals surface area contributed by atoms with E-state index in [-0.39, 0.29) is 12.1 Å². The molecule has 1 unspecified atom stereocenters. The molecule has 0 saturated carbocycles. The Balaban J connectivity index is 0.000000233. The smallest absolute Gasteiger partial charge is 0.333 e. The van der Waals surface area contributed by atoms with Gasteiger partial charge in [0.1, 0.15) is 18.5 Å². The number of rotatable bonds is 6. The van der Waals surface area contributed by atoms with E-state index in [1.54, 1.807) is 13.0 Å². The first-order chi connectivity index (χ1) is 13.5. The first-order valence-corrected chi connectivity index (χ1v) is 9.34. The minimum atomic E-state index is -0.337. The van der Waals surface area contributed by atoms with E-state index in [2.05, 4.69) is 6.58 Å². The largest absolute Gasteiger partial charge is 0.507 e. The lowest BCUT2D eigenvalue weighted by molar-refractivity contribution is -0.139. The highest BCUT2D eigenvalue weighted by Gasteiger charge is 2.24. The average Bonchev–Trinajstić information content (AvgIpc) is 3.53. The first kappa shape index (κ1) is 23.4. The highest BCUT2D eigenvalue weighted by atomic mass is 16.6. The molecular weight excluding hydrogens is 356 g/mol. The number of aromatic hydroxyl groups is 1. The molecule has 0 bridgehead atoms. The molecule has 1 aliphatic rings. The number of esters is 1. The monoisotopic (exact) mass is 386 g/mol. The molecule has 2 aromatic rings. The van der Waals surface area contributed by atoms with Gasteiger partial charge in [0.15, 0.2) is 0 Å². The van der Waals surface area contributed by atoms with Gasteiger partial charge in [0.05, 0.1) is 6.61 Å². The van der Waals surface area contributed by atoms with Crippen molar-refractivity contribution in [2.24, 2.45) is 0 Å². The summed E-state index contributed by atoms with van der Waals surface area (Å²) in [5, 5.41) is 9.56. The second kappa shape index (κ2) is 13.5. The summed E-state index contributed by atoms with van der Waals surface area (Å²) in [6, 6.07) is 17.2. The van der Waals surface area contributed by atoms with Crippen LogP contribution in [-0.2, 0) is 19.0 Å². The Hall–Kier alpha value is -2.63. The summed E-state index contributed by atoms with van der Waals surface area (Å²) < 4.78 is 14.4. The third-order valence-corrected chi connectivity index (χ3v) is 3.55. The molecule has 0 aromatic heterocycles. The van der Waals surface area contributed by atoms with Crippen molar-refractivity contribution >= 4 is 5.97 Å². The molecule has 1 aliphatic heterocycles.